The van der Waals surface area contributed by atoms with E-state index in [4.69, 9.17) is 28.7 Å². The summed E-state index contributed by atoms with van der Waals surface area (Å²) in [7, 11) is 0. The highest BCUT2D eigenvalue weighted by atomic mass is 16.4. The molecule has 109 heavy (non-hydrogen) atoms. The number of aliphatic hydroxyl groups is 1. The van der Waals surface area contributed by atoms with E-state index in [1.807, 2.05) is 37.3 Å². The first kappa shape index (κ1) is 87.4. The summed E-state index contributed by atoms with van der Waals surface area (Å²) in [6.07, 6.45) is 7.52. The Morgan fingerprint density at radius 3 is 1.59 bits per heavy atom. The molecule has 0 radical (unpaired) electrons. The molecule has 13 amide bonds. The van der Waals surface area contributed by atoms with Crippen LogP contribution in [0.4, 0.5) is 0 Å². The number of guanidine groups is 2. The molecular formula is C71H112N22O16. The highest BCUT2D eigenvalue weighted by Gasteiger charge is 2.44. The number of hydrogen-bond donors (Lipinski definition) is 18. The maximum Gasteiger partial charge on any atom is 0.326 e. The van der Waals surface area contributed by atoms with Crippen LogP contribution < -0.4 is 81.8 Å². The van der Waals surface area contributed by atoms with Crippen molar-refractivity contribution < 1.29 is 77.3 Å². The lowest BCUT2D eigenvalue weighted by molar-refractivity contribution is -0.145. The molecule has 0 aliphatic carbocycles. The van der Waals surface area contributed by atoms with Crippen LogP contribution >= 0.6 is 0 Å². The van der Waals surface area contributed by atoms with Crippen LogP contribution in [0, 0.1) is 5.92 Å². The van der Waals surface area contributed by atoms with Crippen LogP contribution in [0.3, 0.4) is 0 Å². The Morgan fingerprint density at radius 2 is 1.06 bits per heavy atom. The van der Waals surface area contributed by atoms with Crippen molar-refractivity contribution in [1.29, 1.82) is 0 Å². The van der Waals surface area contributed by atoms with Gasteiger partial charge in [0.1, 0.15) is 72.5 Å². The lowest BCUT2D eigenvalue weighted by Crippen LogP contribution is -2.61. The molecule has 12 atom stereocenters. The molecule has 6 rings (SSSR count). The quantitative estimate of drug-likeness (QED) is 0.0168. The second-order valence-corrected chi connectivity index (χ2v) is 28.3. The Kier molecular flexibility index (Phi) is 35.8. The van der Waals surface area contributed by atoms with Crippen molar-refractivity contribution in [2.75, 3.05) is 52.4 Å². The molecule has 2 aromatic rings. The molecule has 1 aromatic heterocycles. The van der Waals surface area contributed by atoms with Gasteiger partial charge >= 0.3 is 5.97 Å². The molecule has 4 saturated heterocycles. The third kappa shape index (κ3) is 27.9. The average molecular weight is 1530 g/mol. The van der Waals surface area contributed by atoms with Gasteiger partial charge in [-0.2, -0.15) is 0 Å². The van der Waals surface area contributed by atoms with Gasteiger partial charge in [0.05, 0.1) is 19.5 Å². The van der Waals surface area contributed by atoms with Gasteiger partial charge in [-0.3, -0.25) is 72.3 Å². The summed E-state index contributed by atoms with van der Waals surface area (Å²) < 4.78 is 0. The monoisotopic (exact) mass is 1530 g/mol. The molecule has 38 heteroatoms. The Morgan fingerprint density at radius 1 is 0.569 bits per heavy atom. The van der Waals surface area contributed by atoms with E-state index in [9.17, 15) is 77.3 Å². The largest absolute Gasteiger partial charge is 0.480 e. The first-order valence-corrected chi connectivity index (χ1v) is 37.7. The Labute approximate surface area is 633 Å². The van der Waals surface area contributed by atoms with Crippen LogP contribution in [0.1, 0.15) is 160 Å². The van der Waals surface area contributed by atoms with Crippen LogP contribution in [0.2, 0.25) is 0 Å². The number of nitrogens with one attached hydrogen (secondary N) is 11. The molecule has 0 bridgehead atoms. The number of benzene rings is 1. The standard InChI is InChI=1S/C71H112N22O16/c1-4-5-18-47(67(106)93-34-15-24-55(93)66(105)87-49(69(108)109)26-25-42-16-7-6-8-17-42)86-64(103)53-22-13-32-91(53)57(96)38-80-58(97)44(19-9-10-29-72)83-62(101)51(36-43-37-77-40-81-43)89-63(102)52(39-94)90-61(100)50(35-41(2)3)88-59(98)45(20-11-30-78-70(73)74)84-65(104)54-23-14-33-92(54)68(107)48(21-12-31-79-71(75)76)85-60(99)46-27-28-56(95)82-46/h6-8,16-17,37,40-41,44-55,94H,4-5,9-15,18-36,38-39,72H2,1-3H3,(H,77,81)(H,80,97)(H,82,95)(H,83,101)(H,84,104)(H,85,99)(H,86,103)(H,87,105)(H,88,98)(H,89,102)(H,90,100)(H,108,109)(H4,73,74,78)(H4,75,76,79)/t44-,45-,46-,47-,48-,49-,50-,51-,52-,53-,54-,55-/m0/s1. The Balaban J connectivity index is 1.10. The fourth-order valence-corrected chi connectivity index (χ4v) is 13.6. The second-order valence-electron chi connectivity index (χ2n) is 28.3. The van der Waals surface area contributed by atoms with E-state index in [0.29, 0.717) is 57.1 Å². The maximum atomic E-state index is 14.5. The van der Waals surface area contributed by atoms with Gasteiger partial charge in [-0.1, -0.05) is 63.9 Å². The van der Waals surface area contributed by atoms with E-state index in [1.54, 1.807) is 13.8 Å². The number of rotatable bonds is 45. The normalized spacial score (nSPS) is 18.9. The lowest BCUT2D eigenvalue weighted by atomic mass is 10.0. The molecule has 0 unspecified atom stereocenters. The summed E-state index contributed by atoms with van der Waals surface area (Å²) in [6, 6.07) is -5.77. The summed E-state index contributed by atoms with van der Waals surface area (Å²) in [6.45, 7) is 4.52. The third-order valence-corrected chi connectivity index (χ3v) is 19.4. The van der Waals surface area contributed by atoms with E-state index >= 15 is 0 Å². The number of likely N-dealkylation sites (tertiary alicyclic amines) is 3. The fourth-order valence-electron chi connectivity index (χ4n) is 13.6. The minimum Gasteiger partial charge on any atom is -0.480 e. The Bertz CT molecular complexity index is 3480. The molecule has 4 aliphatic heterocycles. The van der Waals surface area contributed by atoms with Crippen LogP contribution in [0.25, 0.3) is 0 Å². The predicted molar refractivity (Wildman–Crippen MR) is 397 cm³/mol. The molecule has 602 valence electrons. The van der Waals surface area contributed by atoms with E-state index in [1.165, 1.54) is 27.2 Å². The van der Waals surface area contributed by atoms with Gasteiger partial charge < -0.3 is 112 Å². The number of carboxylic acid groups (broad SMARTS) is 1. The average Bonchev–Trinajstić information content (AvgIpc) is 1.72. The molecule has 0 spiro atoms. The number of nitrogens with two attached hydrogens (primary N) is 5. The van der Waals surface area contributed by atoms with Crippen molar-refractivity contribution >= 4 is 94.7 Å². The van der Waals surface area contributed by atoms with Crippen molar-refractivity contribution in [1.82, 2.24) is 77.8 Å². The van der Waals surface area contributed by atoms with Gasteiger partial charge in [-0.15, -0.1) is 0 Å². The highest BCUT2D eigenvalue weighted by Crippen LogP contribution is 2.25. The van der Waals surface area contributed by atoms with Crippen molar-refractivity contribution in [3.8, 4) is 0 Å². The predicted octanol–water partition coefficient (Wildman–Crippen LogP) is -4.62. The van der Waals surface area contributed by atoms with E-state index in [2.05, 4.69) is 73.1 Å². The van der Waals surface area contributed by atoms with Crippen LogP contribution in [-0.2, 0) is 80.0 Å². The second kappa shape index (κ2) is 44.7. The summed E-state index contributed by atoms with van der Waals surface area (Å²) in [5, 5.41) is 47.2. The number of hydrogen-bond acceptors (Lipinski definition) is 19. The van der Waals surface area contributed by atoms with Gasteiger partial charge in [0.2, 0.25) is 76.8 Å². The summed E-state index contributed by atoms with van der Waals surface area (Å²) in [5.74, 6) is -11.2. The van der Waals surface area contributed by atoms with Crippen molar-refractivity contribution in [3.05, 3.63) is 54.1 Å². The summed E-state index contributed by atoms with van der Waals surface area (Å²) in [5.41, 5.74) is 29.2. The number of aromatic amines is 1. The first-order valence-electron chi connectivity index (χ1n) is 37.7. The minimum atomic E-state index is -1.77. The summed E-state index contributed by atoms with van der Waals surface area (Å²) >= 11 is 0. The number of H-pyrrole nitrogens is 1. The topological polar surface area (TPSA) is 593 Å². The van der Waals surface area contributed by atoms with Crippen molar-refractivity contribution in [3.63, 3.8) is 0 Å². The van der Waals surface area contributed by atoms with Crippen LogP contribution in [0.5, 0.6) is 0 Å². The number of aliphatic carboxylic acids is 1. The molecule has 1 aromatic carbocycles. The molecule has 0 saturated carbocycles. The number of amides is 13. The molecule has 4 fully saturated rings. The van der Waals surface area contributed by atoms with Gasteiger partial charge in [-0.05, 0) is 134 Å². The first-order chi connectivity index (χ1) is 52.1. The maximum absolute atomic E-state index is 14.5. The number of aliphatic imine (C=N–C) groups is 2. The highest BCUT2D eigenvalue weighted by molar-refractivity contribution is 6.00. The van der Waals surface area contributed by atoms with Crippen molar-refractivity contribution in [2.24, 2.45) is 44.6 Å². The number of carboxylic acids is 1. The number of aliphatic hydroxyl groups excluding tert-OH is 1. The van der Waals surface area contributed by atoms with Crippen molar-refractivity contribution in [2.45, 2.75) is 235 Å². The SMILES string of the molecule is CCCC[C@H](NC(=O)[C@@H]1CCCN1C(=O)CNC(=O)[C@H](CCCCN)NC(=O)[C@H](Cc1cnc[nH]1)NC(=O)[C@H](CO)NC(=O)[C@H](CC(C)C)NC(=O)[C@H](CCCN=C(N)N)NC(=O)[C@@H]1CCCN1C(=O)[C@H](CCCN=C(N)N)NC(=O)[C@@H]1CCC(=O)N1)C(=O)N1CCC[C@H]1C(=O)N[C@@H](CCc1ccccc1)C(=O)O. The molecular weight excluding hydrogens is 1420 g/mol. The zero-order chi connectivity index (χ0) is 79.7. The van der Waals surface area contributed by atoms with E-state index < -0.39 is 163 Å². The van der Waals surface area contributed by atoms with Crippen LogP contribution in [-0.4, -0.2) is 254 Å². The Hall–Kier alpha value is -10.5. The van der Waals surface area contributed by atoms with Gasteiger partial charge in [-0.25, -0.2) is 9.78 Å². The van der Waals surface area contributed by atoms with Crippen LogP contribution in [0.15, 0.2) is 52.8 Å². The van der Waals surface area contributed by atoms with Gasteiger partial charge in [0.15, 0.2) is 11.9 Å². The summed E-state index contributed by atoms with van der Waals surface area (Å²) in [4.78, 5) is 213. The lowest BCUT2D eigenvalue weighted by Gasteiger charge is -2.31. The number of unbranched alkanes of at least 4 members (excludes halogenated alkanes) is 2. The molecule has 5 heterocycles. The molecule has 23 N–H and O–H groups in total. The number of imidazole rings is 1. The van der Waals surface area contributed by atoms with Gasteiger partial charge in [0, 0.05) is 57.5 Å². The molecule has 38 nitrogen and oxygen atoms in total. The minimum absolute atomic E-state index is 0.00358. The van der Waals surface area contributed by atoms with E-state index in [0.717, 1.165) is 5.56 Å². The number of aryl methyl sites for hydroxylation is 1. The zero-order valence-electron chi connectivity index (χ0n) is 62.4. The number of aromatic nitrogens is 2. The molecule has 4 aliphatic rings. The van der Waals surface area contributed by atoms with E-state index in [-0.39, 0.29) is 153 Å². The fraction of sp³-hybridized carbons (Fsp3) is 0.648. The smallest absolute Gasteiger partial charge is 0.326 e. The zero-order valence-corrected chi connectivity index (χ0v) is 62.4. The third-order valence-electron chi connectivity index (χ3n) is 19.4. The number of nitrogens with zero attached hydrogens (tertiary/aromatic N) is 6. The number of carbonyl (C=O) groups is 14. The number of carbonyl (C=O) groups excluding carboxylic acids is 13. The van der Waals surface area contributed by atoms with Gasteiger partial charge in [0.25, 0.3) is 0 Å².